The summed E-state index contributed by atoms with van der Waals surface area (Å²) in [4.78, 5) is 12.5. The molecule has 0 radical (unpaired) electrons. The van der Waals surface area contributed by atoms with Crippen molar-refractivity contribution in [2.45, 2.75) is 19.4 Å². The average molecular weight is 501 g/mol. The van der Waals surface area contributed by atoms with Crippen LogP contribution in [0.2, 0.25) is 10.0 Å². The summed E-state index contributed by atoms with van der Waals surface area (Å²) in [5.41, 5.74) is 2.67. The molecule has 1 unspecified atom stereocenters. The predicted octanol–water partition coefficient (Wildman–Crippen LogP) is 5.11. The topological polar surface area (TPSA) is 63.2 Å². The lowest BCUT2D eigenvalue weighted by Gasteiger charge is -2.23. The van der Waals surface area contributed by atoms with Crippen LogP contribution in [0.15, 0.2) is 33.8 Å². The van der Waals surface area contributed by atoms with Gasteiger partial charge in [-0.05, 0) is 31.0 Å². The number of urea groups is 1. The quantitative estimate of drug-likeness (QED) is 0.636. The first kappa shape index (κ1) is 21.7. The van der Waals surface area contributed by atoms with Gasteiger partial charge < -0.3 is 14.8 Å². The Morgan fingerprint density at radius 1 is 1.17 bits per heavy atom. The maximum absolute atomic E-state index is 12.5. The minimum absolute atomic E-state index is 0.270. The van der Waals surface area contributed by atoms with Gasteiger partial charge in [0.25, 0.3) is 0 Å². The van der Waals surface area contributed by atoms with Gasteiger partial charge in [0.05, 0.1) is 30.3 Å². The lowest BCUT2D eigenvalue weighted by Crippen LogP contribution is -2.41. The highest BCUT2D eigenvalue weighted by Crippen LogP contribution is 2.47. The van der Waals surface area contributed by atoms with Gasteiger partial charge in [-0.15, -0.1) is 0 Å². The first-order valence-corrected chi connectivity index (χ1v) is 10.4. The fraction of sp³-hybridized carbons (Fsp3) is 0.300. The zero-order valence-corrected chi connectivity index (χ0v) is 19.4. The van der Waals surface area contributed by atoms with E-state index in [1.54, 1.807) is 7.05 Å². The second kappa shape index (κ2) is 8.81. The van der Waals surface area contributed by atoms with Crippen molar-refractivity contribution in [1.82, 2.24) is 10.3 Å². The van der Waals surface area contributed by atoms with Gasteiger partial charge in [-0.3, -0.25) is 0 Å². The van der Waals surface area contributed by atoms with Crippen LogP contribution in [0.1, 0.15) is 23.6 Å². The molecule has 0 fully saturated rings. The van der Waals surface area contributed by atoms with E-state index in [-0.39, 0.29) is 12.1 Å². The van der Waals surface area contributed by atoms with Gasteiger partial charge in [0.1, 0.15) is 5.71 Å². The van der Waals surface area contributed by atoms with E-state index in [0.717, 1.165) is 15.6 Å². The standard InChI is InChI=1S/C20H20BrCl2N3O3/c1-10-9-13-14(16(23)19(29-4)18(28-3)15(13)22)17(25-26(10)20(27)24-2)11-5-7-12(21)8-6-11/h5-8,10H,9H2,1-4H3,(H,24,27). The van der Waals surface area contributed by atoms with E-state index >= 15 is 0 Å². The number of hydrogen-bond acceptors (Lipinski definition) is 4. The molecule has 0 bridgehead atoms. The molecule has 3 rings (SSSR count). The maximum Gasteiger partial charge on any atom is 0.337 e. The van der Waals surface area contributed by atoms with Gasteiger partial charge >= 0.3 is 6.03 Å². The zero-order valence-electron chi connectivity index (χ0n) is 16.3. The Morgan fingerprint density at radius 3 is 2.31 bits per heavy atom. The fourth-order valence-corrected chi connectivity index (χ4v) is 4.27. The largest absolute Gasteiger partial charge is 0.491 e. The van der Waals surface area contributed by atoms with Crippen molar-refractivity contribution in [2.75, 3.05) is 21.3 Å². The van der Waals surface area contributed by atoms with Gasteiger partial charge in [-0.1, -0.05) is 51.3 Å². The molecular weight excluding hydrogens is 481 g/mol. The Bertz CT molecular complexity index is 980. The van der Waals surface area contributed by atoms with E-state index in [4.69, 9.17) is 32.7 Å². The Balaban J connectivity index is 2.38. The summed E-state index contributed by atoms with van der Waals surface area (Å²) >= 11 is 16.9. The summed E-state index contributed by atoms with van der Waals surface area (Å²) in [6, 6.07) is 6.98. The second-order valence-electron chi connectivity index (χ2n) is 6.46. The molecule has 0 saturated heterocycles. The SMILES string of the molecule is CNC(=O)N1N=C(c2ccc(Br)cc2)c2c(Cl)c(OC)c(OC)c(Cl)c2CC1C. The number of nitrogens with one attached hydrogen (secondary N) is 1. The van der Waals surface area contributed by atoms with Crippen LogP contribution in [-0.4, -0.2) is 44.1 Å². The summed E-state index contributed by atoms with van der Waals surface area (Å²) in [7, 11) is 4.57. The molecule has 2 aromatic carbocycles. The lowest BCUT2D eigenvalue weighted by atomic mass is 9.93. The van der Waals surface area contributed by atoms with E-state index < -0.39 is 0 Å². The predicted molar refractivity (Wildman–Crippen MR) is 119 cm³/mol. The Labute approximate surface area is 187 Å². The summed E-state index contributed by atoms with van der Waals surface area (Å²) in [6.45, 7) is 1.90. The molecule has 0 aromatic heterocycles. The molecule has 0 aliphatic carbocycles. The van der Waals surface area contributed by atoms with E-state index in [2.05, 4.69) is 26.3 Å². The van der Waals surface area contributed by atoms with E-state index in [9.17, 15) is 4.79 Å². The number of benzene rings is 2. The van der Waals surface area contributed by atoms with Gasteiger partial charge in [0, 0.05) is 22.6 Å². The number of fused-ring (bicyclic) bond motifs is 1. The first-order chi connectivity index (χ1) is 13.8. The minimum atomic E-state index is -0.328. The average Bonchev–Trinajstić information content (AvgIpc) is 2.87. The first-order valence-electron chi connectivity index (χ1n) is 8.81. The van der Waals surface area contributed by atoms with Crippen molar-refractivity contribution in [2.24, 2.45) is 5.10 Å². The summed E-state index contributed by atoms with van der Waals surface area (Å²) in [6.07, 6.45) is 0.436. The van der Waals surface area contributed by atoms with E-state index in [1.165, 1.54) is 19.2 Å². The Morgan fingerprint density at radius 2 is 1.76 bits per heavy atom. The van der Waals surface area contributed by atoms with Gasteiger partial charge in [0.2, 0.25) is 0 Å². The molecule has 0 saturated carbocycles. The van der Waals surface area contributed by atoms with Crippen molar-refractivity contribution in [1.29, 1.82) is 0 Å². The van der Waals surface area contributed by atoms with Crippen LogP contribution in [0.5, 0.6) is 11.5 Å². The third-order valence-corrected chi connectivity index (χ3v) is 5.99. The monoisotopic (exact) mass is 499 g/mol. The summed E-state index contributed by atoms with van der Waals surface area (Å²) in [5.74, 6) is 0.678. The highest BCUT2D eigenvalue weighted by molar-refractivity contribution is 9.10. The number of hydrogen-bond donors (Lipinski definition) is 1. The third kappa shape index (κ3) is 3.91. The number of amides is 2. The smallest absolute Gasteiger partial charge is 0.337 e. The molecule has 1 N–H and O–H groups in total. The molecule has 1 atom stereocenters. The van der Waals surface area contributed by atoms with Crippen LogP contribution in [0.4, 0.5) is 4.79 Å². The number of nitrogens with zero attached hydrogens (tertiary/aromatic N) is 2. The molecule has 2 amide bonds. The second-order valence-corrected chi connectivity index (χ2v) is 8.13. The van der Waals surface area contributed by atoms with Gasteiger partial charge in [-0.25, -0.2) is 9.80 Å². The summed E-state index contributed by atoms with van der Waals surface area (Å²) in [5, 5.41) is 9.44. The van der Waals surface area contributed by atoms with Crippen molar-refractivity contribution in [3.63, 3.8) is 0 Å². The van der Waals surface area contributed by atoms with Crippen LogP contribution in [0, 0.1) is 0 Å². The lowest BCUT2D eigenvalue weighted by molar-refractivity contribution is 0.184. The third-order valence-electron chi connectivity index (χ3n) is 4.70. The van der Waals surface area contributed by atoms with Crippen molar-refractivity contribution < 1.29 is 14.3 Å². The number of carbonyl (C=O) groups is 1. The van der Waals surface area contributed by atoms with Gasteiger partial charge in [-0.2, -0.15) is 5.10 Å². The molecule has 0 spiro atoms. The van der Waals surface area contributed by atoms with Crippen LogP contribution < -0.4 is 14.8 Å². The van der Waals surface area contributed by atoms with Crippen LogP contribution >= 0.6 is 39.1 Å². The van der Waals surface area contributed by atoms with Gasteiger partial charge in [0.15, 0.2) is 11.5 Å². The Hall–Kier alpha value is -1.96. The van der Waals surface area contributed by atoms with Crippen molar-refractivity contribution in [3.05, 3.63) is 55.5 Å². The normalized spacial score (nSPS) is 15.9. The molecule has 6 nitrogen and oxygen atoms in total. The Kier molecular flexibility index (Phi) is 6.61. The molecule has 1 aliphatic rings. The van der Waals surface area contributed by atoms with Crippen LogP contribution in [-0.2, 0) is 6.42 Å². The number of ether oxygens (including phenoxy) is 2. The van der Waals surface area contributed by atoms with Crippen LogP contribution in [0.3, 0.4) is 0 Å². The molecule has 29 heavy (non-hydrogen) atoms. The maximum atomic E-state index is 12.5. The number of halogens is 3. The number of carbonyl (C=O) groups excluding carboxylic acids is 1. The minimum Gasteiger partial charge on any atom is -0.491 e. The highest BCUT2D eigenvalue weighted by Gasteiger charge is 2.33. The van der Waals surface area contributed by atoms with E-state index in [1.807, 2.05) is 31.2 Å². The fourth-order valence-electron chi connectivity index (χ4n) is 3.30. The molecular formula is C20H20BrCl2N3O3. The molecule has 154 valence electrons. The summed E-state index contributed by atoms with van der Waals surface area (Å²) < 4.78 is 11.9. The number of hydrazone groups is 1. The molecule has 1 heterocycles. The molecule has 1 aliphatic heterocycles. The number of rotatable bonds is 3. The van der Waals surface area contributed by atoms with Crippen molar-refractivity contribution >= 4 is 50.9 Å². The van der Waals surface area contributed by atoms with Crippen LogP contribution in [0.25, 0.3) is 0 Å². The zero-order chi connectivity index (χ0) is 21.3. The number of methoxy groups -OCH3 is 2. The molecule has 2 aromatic rings. The van der Waals surface area contributed by atoms with Crippen molar-refractivity contribution in [3.8, 4) is 11.5 Å². The molecule has 9 heteroatoms. The highest BCUT2D eigenvalue weighted by atomic mass is 79.9. The van der Waals surface area contributed by atoms with E-state index in [0.29, 0.717) is 39.2 Å².